The molecule has 0 bridgehead atoms. The predicted molar refractivity (Wildman–Crippen MR) is 105 cm³/mol. The number of fused-ring (bicyclic) bond motifs is 2. The molecule has 5 rings (SSSR count). The first-order valence-corrected chi connectivity index (χ1v) is 8.37. The lowest BCUT2D eigenvalue weighted by atomic mass is 10.1. The molecule has 138 valence electrons. The lowest BCUT2D eigenvalue weighted by Crippen LogP contribution is -1.85. The van der Waals surface area contributed by atoms with Gasteiger partial charge in [-0.3, -0.25) is 0 Å². The van der Waals surface area contributed by atoms with Gasteiger partial charge in [0.2, 0.25) is 11.8 Å². The number of hydrogen-bond donors (Lipinski definition) is 4. The Balaban J connectivity index is 1.62. The third-order valence-corrected chi connectivity index (χ3v) is 4.40. The van der Waals surface area contributed by atoms with Crippen LogP contribution in [0.1, 0.15) is 0 Å². The number of nitrogen functional groups attached to an aromatic ring is 2. The van der Waals surface area contributed by atoms with E-state index < -0.39 is 0 Å². The van der Waals surface area contributed by atoms with Crippen LogP contribution in [0.3, 0.4) is 0 Å². The number of phenolic OH excluding ortho intramolecular Hbond substituents is 2. The molecule has 0 unspecified atom stereocenters. The Morgan fingerprint density at radius 2 is 1.07 bits per heavy atom. The quantitative estimate of drug-likeness (QED) is 0.269. The van der Waals surface area contributed by atoms with E-state index in [2.05, 4.69) is 9.97 Å². The van der Waals surface area contributed by atoms with Crippen LogP contribution in [0.4, 0.5) is 11.4 Å². The third kappa shape index (κ3) is 2.47. The van der Waals surface area contributed by atoms with E-state index in [4.69, 9.17) is 20.3 Å². The van der Waals surface area contributed by atoms with Crippen molar-refractivity contribution in [2.75, 3.05) is 11.5 Å². The van der Waals surface area contributed by atoms with Crippen LogP contribution in [0.2, 0.25) is 0 Å². The molecule has 8 heteroatoms. The number of nitrogens with two attached hydrogens (primary N) is 2. The van der Waals surface area contributed by atoms with Crippen molar-refractivity contribution < 1.29 is 19.0 Å². The van der Waals surface area contributed by atoms with E-state index >= 15 is 0 Å². The lowest BCUT2D eigenvalue weighted by Gasteiger charge is -2.05. The first-order chi connectivity index (χ1) is 13.5. The summed E-state index contributed by atoms with van der Waals surface area (Å²) in [7, 11) is 0. The highest BCUT2D eigenvalue weighted by Gasteiger charge is 2.19. The molecule has 6 N–H and O–H groups in total. The number of hydrogen-bond acceptors (Lipinski definition) is 8. The van der Waals surface area contributed by atoms with Crippen LogP contribution in [0.5, 0.6) is 11.5 Å². The monoisotopic (exact) mass is 374 g/mol. The van der Waals surface area contributed by atoms with Crippen LogP contribution in [-0.2, 0) is 0 Å². The maximum atomic E-state index is 10.5. The summed E-state index contributed by atoms with van der Waals surface area (Å²) in [5.74, 6) is 0.0266. The van der Waals surface area contributed by atoms with Crippen molar-refractivity contribution in [2.45, 2.75) is 0 Å². The Labute approximate surface area is 157 Å². The minimum absolute atomic E-state index is 0.144. The van der Waals surface area contributed by atoms with Gasteiger partial charge in [0.15, 0.2) is 11.2 Å². The molecule has 0 amide bonds. The minimum Gasteiger partial charge on any atom is -0.507 e. The first kappa shape index (κ1) is 16.0. The smallest absolute Gasteiger partial charge is 0.231 e. The van der Waals surface area contributed by atoms with Crippen molar-refractivity contribution in [3.8, 4) is 34.4 Å². The molecule has 0 atom stereocenters. The number of rotatable bonds is 2. The summed E-state index contributed by atoms with van der Waals surface area (Å²) < 4.78 is 11.3. The van der Waals surface area contributed by atoms with Crippen molar-refractivity contribution in [2.24, 2.45) is 0 Å². The average Bonchev–Trinajstić information content (AvgIpc) is 3.26. The maximum Gasteiger partial charge on any atom is 0.231 e. The summed E-state index contributed by atoms with van der Waals surface area (Å²) in [6.07, 6.45) is 0. The van der Waals surface area contributed by atoms with Crippen molar-refractivity contribution in [3.05, 3.63) is 48.5 Å². The summed E-state index contributed by atoms with van der Waals surface area (Å²) in [5, 5.41) is 21.0. The molecule has 8 nitrogen and oxygen atoms in total. The second-order valence-corrected chi connectivity index (χ2v) is 6.38. The number of nitrogens with zero attached hydrogens (tertiary/aromatic N) is 2. The van der Waals surface area contributed by atoms with Gasteiger partial charge in [-0.05, 0) is 48.5 Å². The van der Waals surface area contributed by atoms with Gasteiger partial charge in [0.05, 0.1) is 11.1 Å². The van der Waals surface area contributed by atoms with E-state index in [1.165, 1.54) is 12.1 Å². The fraction of sp³-hybridized carbons (Fsp3) is 0. The summed E-state index contributed by atoms with van der Waals surface area (Å²) in [5.41, 5.74) is 15.2. The van der Waals surface area contributed by atoms with Crippen molar-refractivity contribution >= 4 is 33.6 Å². The average molecular weight is 374 g/mol. The largest absolute Gasteiger partial charge is 0.507 e. The minimum atomic E-state index is -0.144. The summed E-state index contributed by atoms with van der Waals surface area (Å²) in [6, 6.07) is 12.8. The third-order valence-electron chi connectivity index (χ3n) is 4.40. The van der Waals surface area contributed by atoms with Crippen LogP contribution >= 0.6 is 0 Å². The second-order valence-electron chi connectivity index (χ2n) is 6.38. The fourth-order valence-electron chi connectivity index (χ4n) is 3.04. The van der Waals surface area contributed by atoms with E-state index in [0.29, 0.717) is 33.6 Å². The Kier molecular flexibility index (Phi) is 3.23. The van der Waals surface area contributed by atoms with Crippen LogP contribution in [0.15, 0.2) is 57.4 Å². The van der Waals surface area contributed by atoms with Gasteiger partial charge in [-0.1, -0.05) is 0 Å². The number of aromatic nitrogens is 2. The molecule has 3 aromatic carbocycles. The predicted octanol–water partition coefficient (Wildman–Crippen LogP) is 3.88. The molecule has 0 spiro atoms. The van der Waals surface area contributed by atoms with Gasteiger partial charge in [-0.15, -0.1) is 0 Å². The molecule has 0 fully saturated rings. The van der Waals surface area contributed by atoms with Gasteiger partial charge in [0, 0.05) is 11.4 Å². The maximum absolute atomic E-state index is 10.5. The fourth-order valence-corrected chi connectivity index (χ4v) is 3.04. The molecule has 2 heterocycles. The Morgan fingerprint density at radius 1 is 0.643 bits per heavy atom. The summed E-state index contributed by atoms with van der Waals surface area (Å²) in [4.78, 5) is 8.64. The molecule has 0 aliphatic carbocycles. The van der Waals surface area contributed by atoms with Gasteiger partial charge in [-0.2, -0.15) is 0 Å². The lowest BCUT2D eigenvalue weighted by molar-refractivity contribution is 0.458. The highest BCUT2D eigenvalue weighted by atomic mass is 16.4. The van der Waals surface area contributed by atoms with E-state index in [0.717, 1.165) is 0 Å². The van der Waals surface area contributed by atoms with E-state index in [-0.39, 0.29) is 34.4 Å². The van der Waals surface area contributed by atoms with Crippen LogP contribution in [-0.4, -0.2) is 20.2 Å². The molecule has 0 saturated heterocycles. The number of phenols is 2. The molecule has 0 radical (unpaired) electrons. The molecular weight excluding hydrogens is 360 g/mol. The number of benzene rings is 3. The highest BCUT2D eigenvalue weighted by molar-refractivity contribution is 5.84. The van der Waals surface area contributed by atoms with Crippen molar-refractivity contribution in [1.29, 1.82) is 0 Å². The zero-order valence-electron chi connectivity index (χ0n) is 14.4. The van der Waals surface area contributed by atoms with E-state index in [1.807, 2.05) is 0 Å². The van der Waals surface area contributed by atoms with Gasteiger partial charge in [0.25, 0.3) is 0 Å². The molecule has 28 heavy (non-hydrogen) atoms. The standard InChI is InChI=1S/C20H14N4O4/c21-9-1-3-17-13(5-9)23-19(27-17)11-7-16(26)12(8-15(11)25)20-24-14-6-10(22)2-4-18(14)28-20/h1-8,25-26H,21-22H2. The zero-order valence-corrected chi connectivity index (χ0v) is 14.4. The number of oxazole rings is 2. The van der Waals surface area contributed by atoms with Crippen molar-refractivity contribution in [1.82, 2.24) is 9.97 Å². The van der Waals surface area contributed by atoms with Gasteiger partial charge in [0.1, 0.15) is 22.5 Å². The zero-order chi connectivity index (χ0) is 19.4. The molecule has 2 aromatic heterocycles. The van der Waals surface area contributed by atoms with Crippen LogP contribution in [0.25, 0.3) is 45.1 Å². The van der Waals surface area contributed by atoms with Gasteiger partial charge >= 0.3 is 0 Å². The van der Waals surface area contributed by atoms with E-state index in [9.17, 15) is 10.2 Å². The number of aromatic hydroxyl groups is 2. The van der Waals surface area contributed by atoms with Crippen LogP contribution < -0.4 is 11.5 Å². The van der Waals surface area contributed by atoms with Crippen LogP contribution in [0, 0.1) is 0 Å². The molecule has 0 aliphatic heterocycles. The van der Waals surface area contributed by atoms with E-state index in [1.54, 1.807) is 36.4 Å². The van der Waals surface area contributed by atoms with Gasteiger partial charge < -0.3 is 30.5 Å². The first-order valence-electron chi connectivity index (χ1n) is 8.37. The Hall–Kier alpha value is -4.20. The Bertz CT molecular complexity index is 1260. The normalized spacial score (nSPS) is 11.4. The summed E-state index contributed by atoms with van der Waals surface area (Å²) >= 11 is 0. The molecule has 5 aromatic rings. The Morgan fingerprint density at radius 3 is 1.50 bits per heavy atom. The molecule has 0 saturated carbocycles. The van der Waals surface area contributed by atoms with Gasteiger partial charge in [-0.25, -0.2) is 9.97 Å². The SMILES string of the molecule is Nc1ccc2oc(-c3cc(O)c(-c4nc5cc(N)ccc5o4)cc3O)nc2c1. The second kappa shape index (κ2) is 5.65. The highest BCUT2D eigenvalue weighted by Crippen LogP contribution is 2.40. The molecular formula is C20H14N4O4. The topological polar surface area (TPSA) is 145 Å². The van der Waals surface area contributed by atoms with Crippen molar-refractivity contribution in [3.63, 3.8) is 0 Å². The molecule has 0 aliphatic rings. The number of anilines is 2. The summed E-state index contributed by atoms with van der Waals surface area (Å²) in [6.45, 7) is 0.